The SMILES string of the molecule is CCCCCCCCN1CCCC1.CCCCCCCCN1CCCC1C.CS(=O)(=O)O.CS(=O)(=O)O. The second kappa shape index (κ2) is 24.8. The summed E-state index contributed by atoms with van der Waals surface area (Å²) >= 11 is 0. The van der Waals surface area contributed by atoms with Crippen LogP contribution >= 0.6 is 0 Å². The van der Waals surface area contributed by atoms with Crippen molar-refractivity contribution in [2.45, 2.75) is 130 Å². The number of hydrogen-bond acceptors (Lipinski definition) is 6. The molecule has 2 heterocycles. The number of rotatable bonds is 14. The van der Waals surface area contributed by atoms with Gasteiger partial charge in [-0.05, 0) is 78.2 Å². The minimum absolute atomic E-state index is 0.715. The Labute approximate surface area is 230 Å². The zero-order valence-corrected chi connectivity index (χ0v) is 26.3. The van der Waals surface area contributed by atoms with E-state index in [1.54, 1.807) is 0 Å². The van der Waals surface area contributed by atoms with Crippen LogP contribution in [0.2, 0.25) is 0 Å². The molecule has 1 atom stereocenters. The van der Waals surface area contributed by atoms with E-state index < -0.39 is 20.2 Å². The van der Waals surface area contributed by atoms with Gasteiger partial charge in [-0.15, -0.1) is 0 Å². The van der Waals surface area contributed by atoms with E-state index >= 15 is 0 Å². The summed E-state index contributed by atoms with van der Waals surface area (Å²) in [5, 5.41) is 0. The molecule has 0 spiro atoms. The quantitative estimate of drug-likeness (QED) is 0.185. The molecule has 0 aromatic carbocycles. The molecule has 0 bridgehead atoms. The van der Waals surface area contributed by atoms with Crippen LogP contribution in [0.25, 0.3) is 0 Å². The van der Waals surface area contributed by atoms with Crippen LogP contribution in [0.1, 0.15) is 124 Å². The Bertz CT molecular complexity index is 650. The first kappa shape index (κ1) is 38.9. The maximum Gasteiger partial charge on any atom is 0.261 e. The molecule has 0 amide bonds. The maximum atomic E-state index is 9.19. The number of hydrogen-bond donors (Lipinski definition) is 2. The van der Waals surface area contributed by atoms with Crippen molar-refractivity contribution >= 4 is 20.2 Å². The molecule has 226 valence electrons. The lowest BCUT2D eigenvalue weighted by molar-refractivity contribution is 0.262. The molecule has 10 heteroatoms. The summed E-state index contributed by atoms with van der Waals surface area (Å²) in [5.41, 5.74) is 0. The molecule has 2 aliphatic heterocycles. The second-order valence-electron chi connectivity index (χ2n) is 10.6. The first-order valence-corrected chi connectivity index (χ1v) is 18.3. The monoisotopic (exact) mass is 572 g/mol. The van der Waals surface area contributed by atoms with Gasteiger partial charge in [-0.25, -0.2) is 0 Å². The largest absolute Gasteiger partial charge is 0.303 e. The highest BCUT2D eigenvalue weighted by Crippen LogP contribution is 2.17. The van der Waals surface area contributed by atoms with E-state index in [1.165, 1.54) is 135 Å². The van der Waals surface area contributed by atoms with Gasteiger partial charge in [0, 0.05) is 6.04 Å². The number of unbranched alkanes of at least 4 members (excludes halogenated alkanes) is 10. The normalized spacial score (nSPS) is 18.3. The van der Waals surface area contributed by atoms with Gasteiger partial charge in [-0.3, -0.25) is 9.11 Å². The predicted molar refractivity (Wildman–Crippen MR) is 158 cm³/mol. The van der Waals surface area contributed by atoms with Gasteiger partial charge in [-0.2, -0.15) is 16.8 Å². The van der Waals surface area contributed by atoms with Crippen molar-refractivity contribution in [3.05, 3.63) is 0 Å². The predicted octanol–water partition coefficient (Wildman–Crippen LogP) is 6.28. The number of nitrogens with zero attached hydrogens (tertiary/aromatic N) is 2. The molecule has 0 aromatic heterocycles. The smallest absolute Gasteiger partial charge is 0.261 e. The van der Waals surface area contributed by atoms with Crippen molar-refractivity contribution in [3.8, 4) is 0 Å². The Morgan fingerprint density at radius 3 is 1.38 bits per heavy atom. The minimum atomic E-state index is -3.67. The zero-order valence-electron chi connectivity index (χ0n) is 24.7. The lowest BCUT2D eigenvalue weighted by atomic mass is 10.1. The van der Waals surface area contributed by atoms with Gasteiger partial charge < -0.3 is 9.80 Å². The summed E-state index contributed by atoms with van der Waals surface area (Å²) in [7, 11) is -7.33. The highest BCUT2D eigenvalue weighted by molar-refractivity contribution is 7.85. The Morgan fingerprint density at radius 1 is 0.622 bits per heavy atom. The summed E-state index contributed by atoms with van der Waals surface area (Å²) in [5.74, 6) is 0. The van der Waals surface area contributed by atoms with E-state index in [4.69, 9.17) is 9.11 Å². The average molecular weight is 573 g/mol. The molecule has 8 nitrogen and oxygen atoms in total. The average Bonchev–Trinajstić information content (AvgIpc) is 3.43. The fourth-order valence-corrected chi connectivity index (χ4v) is 4.54. The lowest BCUT2D eigenvalue weighted by Gasteiger charge is -2.20. The molecule has 0 radical (unpaired) electrons. The van der Waals surface area contributed by atoms with Gasteiger partial charge in [0.25, 0.3) is 20.2 Å². The van der Waals surface area contributed by atoms with Crippen molar-refractivity contribution in [1.29, 1.82) is 0 Å². The van der Waals surface area contributed by atoms with Gasteiger partial charge >= 0.3 is 0 Å². The topological polar surface area (TPSA) is 115 Å². The molecule has 2 N–H and O–H groups in total. The molecular formula is C27H60N2O6S2. The molecule has 0 aromatic rings. The van der Waals surface area contributed by atoms with Crippen LogP contribution in [0.3, 0.4) is 0 Å². The van der Waals surface area contributed by atoms with Crippen LogP contribution in [-0.4, -0.2) is 87.0 Å². The Hall–Kier alpha value is -0.260. The highest BCUT2D eigenvalue weighted by Gasteiger charge is 2.18. The third kappa shape index (κ3) is 38.0. The Balaban J connectivity index is 0. The summed E-state index contributed by atoms with van der Waals surface area (Å²) in [6.45, 7) is 13.8. The second-order valence-corrected chi connectivity index (χ2v) is 13.5. The summed E-state index contributed by atoms with van der Waals surface area (Å²) in [4.78, 5) is 5.29. The molecule has 2 fully saturated rings. The summed E-state index contributed by atoms with van der Waals surface area (Å²) in [6, 6.07) is 0.866. The van der Waals surface area contributed by atoms with E-state index in [0.29, 0.717) is 12.5 Å². The first-order valence-electron chi connectivity index (χ1n) is 14.6. The van der Waals surface area contributed by atoms with Gasteiger partial charge in [0.2, 0.25) is 0 Å². The number of likely N-dealkylation sites (tertiary alicyclic amines) is 2. The van der Waals surface area contributed by atoms with Crippen molar-refractivity contribution < 1.29 is 25.9 Å². The van der Waals surface area contributed by atoms with Crippen molar-refractivity contribution in [1.82, 2.24) is 9.80 Å². The molecule has 37 heavy (non-hydrogen) atoms. The fourth-order valence-electron chi connectivity index (χ4n) is 4.54. The molecule has 0 saturated carbocycles. The van der Waals surface area contributed by atoms with E-state index in [1.807, 2.05) is 0 Å². The molecule has 1 unspecified atom stereocenters. The van der Waals surface area contributed by atoms with E-state index in [0.717, 1.165) is 6.04 Å². The van der Waals surface area contributed by atoms with Crippen LogP contribution < -0.4 is 0 Å². The van der Waals surface area contributed by atoms with Gasteiger partial charge in [0.15, 0.2) is 0 Å². The van der Waals surface area contributed by atoms with Crippen LogP contribution in [0, 0.1) is 0 Å². The Kier molecular flexibility index (Phi) is 26.0. The summed E-state index contributed by atoms with van der Waals surface area (Å²) < 4.78 is 51.7. The third-order valence-electron chi connectivity index (χ3n) is 6.52. The molecule has 0 aliphatic carbocycles. The van der Waals surface area contributed by atoms with Gasteiger partial charge in [0.05, 0.1) is 12.5 Å². The molecule has 2 rings (SSSR count). The van der Waals surface area contributed by atoms with Crippen molar-refractivity contribution in [3.63, 3.8) is 0 Å². The first-order chi connectivity index (χ1) is 17.3. The van der Waals surface area contributed by atoms with Crippen molar-refractivity contribution in [2.75, 3.05) is 45.2 Å². The maximum absolute atomic E-state index is 9.19. The van der Waals surface area contributed by atoms with Crippen LogP contribution in [0.4, 0.5) is 0 Å². The summed E-state index contributed by atoms with van der Waals surface area (Å²) in [6.07, 6.45) is 24.3. The third-order valence-corrected chi connectivity index (χ3v) is 6.52. The van der Waals surface area contributed by atoms with Crippen molar-refractivity contribution in [2.24, 2.45) is 0 Å². The van der Waals surface area contributed by atoms with Gasteiger partial charge in [0.1, 0.15) is 0 Å². The molecule has 2 aliphatic rings. The zero-order chi connectivity index (χ0) is 28.6. The van der Waals surface area contributed by atoms with Crippen LogP contribution in [0.15, 0.2) is 0 Å². The standard InChI is InChI=1S/C13H27N.C12H25N.2CH4O3S/c1-3-4-5-6-7-8-11-14-12-9-10-13(14)2;1-2-3-4-5-6-7-10-13-11-8-9-12-13;2*1-5(2,3)4/h13H,3-12H2,1-2H3;2-12H2,1H3;2*1H3,(H,2,3,4). The van der Waals surface area contributed by atoms with Crippen LogP contribution in [-0.2, 0) is 20.2 Å². The molecular weight excluding hydrogens is 512 g/mol. The minimum Gasteiger partial charge on any atom is -0.303 e. The lowest BCUT2D eigenvalue weighted by Crippen LogP contribution is -2.27. The highest BCUT2D eigenvalue weighted by atomic mass is 32.2. The van der Waals surface area contributed by atoms with E-state index in [-0.39, 0.29) is 0 Å². The fraction of sp³-hybridized carbons (Fsp3) is 1.00. The van der Waals surface area contributed by atoms with E-state index in [2.05, 4.69) is 30.6 Å². The van der Waals surface area contributed by atoms with Gasteiger partial charge in [-0.1, -0.05) is 78.1 Å². The molecule has 2 saturated heterocycles. The van der Waals surface area contributed by atoms with Crippen LogP contribution in [0.5, 0.6) is 0 Å². The Morgan fingerprint density at radius 2 is 1.00 bits per heavy atom. The van der Waals surface area contributed by atoms with E-state index in [9.17, 15) is 16.8 Å².